The van der Waals surface area contributed by atoms with Crippen LogP contribution in [0.15, 0.2) is 54.6 Å². The number of amides is 1. The number of carbonyl (C=O) groups excluding carboxylic acids is 1. The molecule has 0 atom stereocenters. The zero-order valence-electron chi connectivity index (χ0n) is 10.7. The van der Waals surface area contributed by atoms with Crippen molar-refractivity contribution < 1.29 is 9.53 Å². The number of likely N-dealkylation sites (N-methyl/N-ethyl adjacent to an activating group) is 1. The van der Waals surface area contributed by atoms with E-state index in [0.29, 0.717) is 11.4 Å². The topological polar surface area (TPSA) is 55.6 Å². The molecule has 0 aliphatic rings. The van der Waals surface area contributed by atoms with Gasteiger partial charge >= 0.3 is 0 Å². The van der Waals surface area contributed by atoms with Gasteiger partial charge in [-0.25, -0.2) is 0 Å². The summed E-state index contributed by atoms with van der Waals surface area (Å²) in [5.74, 6) is 0.520. The van der Waals surface area contributed by atoms with Gasteiger partial charge in [-0.1, -0.05) is 18.2 Å². The normalized spacial score (nSPS) is 9.95. The molecule has 0 aromatic heterocycles. The molecule has 0 radical (unpaired) electrons. The molecule has 2 N–H and O–H groups in total. The van der Waals surface area contributed by atoms with Crippen molar-refractivity contribution in [3.05, 3.63) is 54.6 Å². The number of ether oxygens (including phenoxy) is 1. The van der Waals surface area contributed by atoms with Gasteiger partial charge in [-0.15, -0.1) is 0 Å². The summed E-state index contributed by atoms with van der Waals surface area (Å²) < 4.78 is 5.42. The maximum Gasteiger partial charge on any atom is 0.264 e. The van der Waals surface area contributed by atoms with Gasteiger partial charge < -0.3 is 15.4 Å². The standard InChI is InChI=1S/C15H16N2O2/c1-17(13-5-3-2-4-6-13)15(18)11-19-14-9-7-12(16)8-10-14/h2-10H,11,16H2,1H3. The smallest absolute Gasteiger partial charge is 0.264 e. The molecule has 2 rings (SSSR count). The van der Waals surface area contributed by atoms with E-state index in [-0.39, 0.29) is 12.5 Å². The number of para-hydroxylation sites is 1. The monoisotopic (exact) mass is 256 g/mol. The number of benzene rings is 2. The summed E-state index contributed by atoms with van der Waals surface area (Å²) >= 11 is 0. The molecule has 1 amide bonds. The van der Waals surface area contributed by atoms with Crippen LogP contribution >= 0.6 is 0 Å². The molecule has 0 aliphatic heterocycles. The number of anilines is 2. The SMILES string of the molecule is CN(C(=O)COc1ccc(N)cc1)c1ccccc1. The number of rotatable bonds is 4. The molecule has 2 aromatic carbocycles. The second-order valence-corrected chi connectivity index (χ2v) is 4.15. The number of nitrogens with zero attached hydrogens (tertiary/aromatic N) is 1. The van der Waals surface area contributed by atoms with E-state index in [1.165, 1.54) is 0 Å². The van der Waals surface area contributed by atoms with Crippen LogP contribution in [0.4, 0.5) is 11.4 Å². The van der Waals surface area contributed by atoms with Gasteiger partial charge in [0.15, 0.2) is 6.61 Å². The zero-order chi connectivity index (χ0) is 13.7. The fourth-order valence-corrected chi connectivity index (χ4v) is 1.60. The molecule has 98 valence electrons. The van der Waals surface area contributed by atoms with Crippen molar-refractivity contribution in [1.82, 2.24) is 0 Å². The molecule has 0 saturated heterocycles. The van der Waals surface area contributed by atoms with Crippen LogP contribution < -0.4 is 15.4 Å². The van der Waals surface area contributed by atoms with Crippen molar-refractivity contribution in [2.75, 3.05) is 24.3 Å². The molecule has 19 heavy (non-hydrogen) atoms. The predicted molar refractivity (Wildman–Crippen MR) is 76.2 cm³/mol. The van der Waals surface area contributed by atoms with Crippen LogP contribution in [0, 0.1) is 0 Å². The molecular weight excluding hydrogens is 240 g/mol. The van der Waals surface area contributed by atoms with Gasteiger partial charge in [0.1, 0.15) is 5.75 Å². The fraction of sp³-hybridized carbons (Fsp3) is 0.133. The Morgan fingerprint density at radius 1 is 1.11 bits per heavy atom. The second-order valence-electron chi connectivity index (χ2n) is 4.15. The van der Waals surface area contributed by atoms with Gasteiger partial charge in [-0.2, -0.15) is 0 Å². The van der Waals surface area contributed by atoms with E-state index < -0.39 is 0 Å². The van der Waals surface area contributed by atoms with Gasteiger partial charge in [0, 0.05) is 18.4 Å². The Balaban J connectivity index is 1.93. The lowest BCUT2D eigenvalue weighted by Crippen LogP contribution is -2.31. The first-order valence-electron chi connectivity index (χ1n) is 5.97. The Morgan fingerprint density at radius 3 is 2.37 bits per heavy atom. The maximum absolute atomic E-state index is 12.0. The quantitative estimate of drug-likeness (QED) is 0.854. The van der Waals surface area contributed by atoms with Gasteiger partial charge in [-0.05, 0) is 36.4 Å². The molecule has 0 aliphatic carbocycles. The van der Waals surface area contributed by atoms with Crippen molar-refractivity contribution in [1.29, 1.82) is 0 Å². The Morgan fingerprint density at radius 2 is 1.74 bits per heavy atom. The summed E-state index contributed by atoms with van der Waals surface area (Å²) in [5, 5.41) is 0. The Bertz CT molecular complexity index is 538. The molecular formula is C15H16N2O2. The largest absolute Gasteiger partial charge is 0.484 e. The third kappa shape index (κ3) is 3.48. The lowest BCUT2D eigenvalue weighted by Gasteiger charge is -2.17. The minimum Gasteiger partial charge on any atom is -0.484 e. The molecule has 0 saturated carbocycles. The summed E-state index contributed by atoms with van der Waals surface area (Å²) in [6, 6.07) is 16.4. The van der Waals surface area contributed by atoms with Crippen LogP contribution in [0.5, 0.6) is 5.75 Å². The number of hydrogen-bond donors (Lipinski definition) is 1. The second kappa shape index (κ2) is 5.91. The summed E-state index contributed by atoms with van der Waals surface area (Å²) in [5.41, 5.74) is 7.08. The van der Waals surface area contributed by atoms with E-state index in [1.807, 2.05) is 30.3 Å². The van der Waals surface area contributed by atoms with Crippen LogP contribution in [0.2, 0.25) is 0 Å². The first kappa shape index (κ1) is 13.0. The van der Waals surface area contributed by atoms with Crippen molar-refractivity contribution in [3.63, 3.8) is 0 Å². The van der Waals surface area contributed by atoms with E-state index in [9.17, 15) is 4.79 Å². The highest BCUT2D eigenvalue weighted by molar-refractivity contribution is 5.93. The predicted octanol–water partition coefficient (Wildman–Crippen LogP) is 2.31. The van der Waals surface area contributed by atoms with Crippen LogP contribution in [-0.2, 0) is 4.79 Å². The van der Waals surface area contributed by atoms with Crippen LogP contribution in [0.1, 0.15) is 0 Å². The van der Waals surface area contributed by atoms with Gasteiger partial charge in [0.2, 0.25) is 0 Å². The van der Waals surface area contributed by atoms with Gasteiger partial charge in [0.25, 0.3) is 5.91 Å². The molecule has 0 spiro atoms. The first-order valence-corrected chi connectivity index (χ1v) is 5.97. The van der Waals surface area contributed by atoms with Crippen molar-refractivity contribution >= 4 is 17.3 Å². The average molecular weight is 256 g/mol. The summed E-state index contributed by atoms with van der Waals surface area (Å²) in [7, 11) is 1.73. The minimum atomic E-state index is -0.108. The van der Waals surface area contributed by atoms with Gasteiger partial charge in [0.05, 0.1) is 0 Å². The van der Waals surface area contributed by atoms with Crippen molar-refractivity contribution in [3.8, 4) is 5.75 Å². The fourth-order valence-electron chi connectivity index (χ4n) is 1.60. The van der Waals surface area contributed by atoms with Crippen LogP contribution in [0.3, 0.4) is 0 Å². The third-order valence-electron chi connectivity index (χ3n) is 2.76. The molecule has 0 unspecified atom stereocenters. The lowest BCUT2D eigenvalue weighted by molar-refractivity contribution is -0.120. The highest BCUT2D eigenvalue weighted by Crippen LogP contribution is 2.14. The molecule has 4 heteroatoms. The summed E-state index contributed by atoms with van der Waals surface area (Å²) in [6.45, 7) is -0.00465. The molecule has 0 heterocycles. The maximum atomic E-state index is 12.0. The van der Waals surface area contributed by atoms with E-state index in [2.05, 4.69) is 0 Å². The average Bonchev–Trinajstić information content (AvgIpc) is 2.46. The Labute approximate surface area is 112 Å². The van der Waals surface area contributed by atoms with Crippen molar-refractivity contribution in [2.45, 2.75) is 0 Å². The first-order chi connectivity index (χ1) is 9.16. The Kier molecular flexibility index (Phi) is 4.03. The van der Waals surface area contributed by atoms with Gasteiger partial charge in [-0.3, -0.25) is 4.79 Å². The highest BCUT2D eigenvalue weighted by Gasteiger charge is 2.11. The highest BCUT2D eigenvalue weighted by atomic mass is 16.5. The van der Waals surface area contributed by atoms with Crippen LogP contribution in [0.25, 0.3) is 0 Å². The van der Waals surface area contributed by atoms with E-state index in [4.69, 9.17) is 10.5 Å². The number of nitrogens with two attached hydrogens (primary N) is 1. The summed E-state index contributed by atoms with van der Waals surface area (Å²) in [4.78, 5) is 13.5. The third-order valence-corrected chi connectivity index (χ3v) is 2.76. The van der Waals surface area contributed by atoms with Crippen LogP contribution in [-0.4, -0.2) is 19.6 Å². The molecule has 4 nitrogen and oxygen atoms in total. The minimum absolute atomic E-state index is 0.00465. The number of carbonyl (C=O) groups is 1. The molecule has 0 bridgehead atoms. The van der Waals surface area contributed by atoms with E-state index >= 15 is 0 Å². The number of nitrogen functional groups attached to an aromatic ring is 1. The van der Waals surface area contributed by atoms with E-state index in [0.717, 1.165) is 5.69 Å². The Hall–Kier alpha value is -2.49. The molecule has 0 fully saturated rings. The number of hydrogen-bond acceptors (Lipinski definition) is 3. The summed E-state index contributed by atoms with van der Waals surface area (Å²) in [6.07, 6.45) is 0. The van der Waals surface area contributed by atoms with Crippen molar-refractivity contribution in [2.24, 2.45) is 0 Å². The zero-order valence-corrected chi connectivity index (χ0v) is 10.7. The van der Waals surface area contributed by atoms with E-state index in [1.54, 1.807) is 36.2 Å². The lowest BCUT2D eigenvalue weighted by atomic mass is 10.3. The molecule has 2 aromatic rings.